The molecule has 2 rings (SSSR count). The molecule has 0 amide bonds. The van der Waals surface area contributed by atoms with E-state index in [4.69, 9.17) is 56.8 Å². The zero-order valence-electron chi connectivity index (χ0n) is 11.4. The topological polar surface area (TPSA) is 41.5 Å². The normalized spacial score (nSPS) is 10.2. The van der Waals surface area contributed by atoms with E-state index in [1.54, 1.807) is 24.3 Å². The zero-order valence-corrected chi connectivity index (χ0v) is 14.4. The van der Waals surface area contributed by atoms with Crippen LogP contribution in [0.5, 0.6) is 5.75 Å². The molecular formula is C14H10BCl3NO2S. The molecule has 0 saturated carbocycles. The fourth-order valence-corrected chi connectivity index (χ4v) is 2.63. The van der Waals surface area contributed by atoms with Gasteiger partial charge >= 0.3 is 7.48 Å². The molecule has 0 atom stereocenters. The van der Waals surface area contributed by atoms with Crippen LogP contribution >= 0.6 is 47.0 Å². The molecule has 3 nitrogen and oxygen atoms in total. The smallest absolute Gasteiger partial charge is 0.328 e. The van der Waals surface area contributed by atoms with Crippen molar-refractivity contribution in [2.75, 3.05) is 5.32 Å². The number of nitrogens with one attached hydrogen (secondary N) is 1. The first-order chi connectivity index (χ1) is 10.4. The number of hydrogen-bond donors (Lipinski definition) is 2. The summed E-state index contributed by atoms with van der Waals surface area (Å²) in [6.45, 7) is 1.86. The molecule has 1 radical (unpaired) electrons. The zero-order chi connectivity index (χ0) is 16.3. The van der Waals surface area contributed by atoms with Crippen molar-refractivity contribution in [3.05, 3.63) is 51.0 Å². The second-order valence-electron chi connectivity index (χ2n) is 4.41. The second-order valence-corrected chi connectivity index (χ2v) is 6.03. The molecule has 0 spiro atoms. The summed E-state index contributed by atoms with van der Waals surface area (Å²) in [6, 6.07) is 8.27. The third-order valence-corrected chi connectivity index (χ3v) is 3.86. The van der Waals surface area contributed by atoms with Gasteiger partial charge in [0.1, 0.15) is 5.75 Å². The number of ether oxygens (including phenoxy) is 1. The lowest BCUT2D eigenvalue weighted by Gasteiger charge is -2.13. The van der Waals surface area contributed by atoms with Crippen LogP contribution in [-0.4, -0.2) is 17.7 Å². The lowest BCUT2D eigenvalue weighted by atomic mass is 9.88. The van der Waals surface area contributed by atoms with E-state index in [9.17, 15) is 0 Å². The summed E-state index contributed by atoms with van der Waals surface area (Å²) in [7, 11) is 0.886. The Morgan fingerprint density at radius 3 is 2.55 bits per heavy atom. The molecule has 0 bridgehead atoms. The number of rotatable bonds is 3. The highest BCUT2D eigenvalue weighted by Crippen LogP contribution is 2.26. The van der Waals surface area contributed by atoms with E-state index >= 15 is 0 Å². The van der Waals surface area contributed by atoms with Crippen molar-refractivity contribution >= 4 is 70.8 Å². The summed E-state index contributed by atoms with van der Waals surface area (Å²) in [4.78, 5) is 0. The highest BCUT2D eigenvalue weighted by Gasteiger charge is 2.11. The van der Waals surface area contributed by atoms with Gasteiger partial charge in [-0.25, -0.2) is 0 Å². The molecule has 2 N–H and O–H groups in total. The minimum absolute atomic E-state index is 0.110. The van der Waals surface area contributed by atoms with E-state index in [-0.39, 0.29) is 5.17 Å². The Morgan fingerprint density at radius 2 is 1.91 bits per heavy atom. The summed E-state index contributed by atoms with van der Waals surface area (Å²) >= 11 is 23.0. The molecule has 0 fully saturated rings. The maximum Gasteiger partial charge on any atom is 0.328 e. The first kappa shape index (κ1) is 17.4. The van der Waals surface area contributed by atoms with Crippen LogP contribution < -0.4 is 15.5 Å². The summed E-state index contributed by atoms with van der Waals surface area (Å²) in [5.41, 5.74) is 1.74. The molecule has 113 valence electrons. The van der Waals surface area contributed by atoms with Gasteiger partial charge in [-0.05, 0) is 60.5 Å². The lowest BCUT2D eigenvalue weighted by molar-refractivity contribution is 0.558. The molecule has 0 heterocycles. The highest BCUT2D eigenvalue weighted by molar-refractivity contribution is 7.80. The van der Waals surface area contributed by atoms with E-state index in [1.807, 2.05) is 6.92 Å². The van der Waals surface area contributed by atoms with Gasteiger partial charge in [-0.15, -0.1) is 0 Å². The Labute approximate surface area is 149 Å². The standard InChI is InChI=1S/C14H10BCl3NO2S/c1-7-4-8(16)2-3-13(7)21-14(22)19-12-5-9(15-20)10(17)6-11(12)18/h2-6,20H,1H3,(H,19,22). The highest BCUT2D eigenvalue weighted by atomic mass is 35.5. The number of anilines is 1. The lowest BCUT2D eigenvalue weighted by Crippen LogP contribution is -2.20. The molecule has 0 aliphatic rings. The van der Waals surface area contributed by atoms with Gasteiger partial charge in [-0.2, -0.15) is 0 Å². The van der Waals surface area contributed by atoms with Gasteiger partial charge < -0.3 is 15.1 Å². The minimum atomic E-state index is 0.110. The van der Waals surface area contributed by atoms with Gasteiger partial charge in [-0.1, -0.05) is 34.8 Å². The minimum Gasteiger partial charge on any atom is -0.450 e. The SMILES string of the molecule is Cc1cc(Cl)ccc1OC(=S)Nc1cc([B]O)c(Cl)cc1Cl. The van der Waals surface area contributed by atoms with Crippen molar-refractivity contribution in [1.29, 1.82) is 0 Å². The van der Waals surface area contributed by atoms with Crippen molar-refractivity contribution in [2.45, 2.75) is 6.92 Å². The Kier molecular flexibility index (Phi) is 5.95. The molecule has 2 aromatic carbocycles. The Bertz CT molecular complexity index is 727. The number of halogens is 3. The van der Waals surface area contributed by atoms with Gasteiger partial charge in [0.15, 0.2) is 0 Å². The molecule has 0 aromatic heterocycles. The molecular weight excluding hydrogens is 363 g/mol. The number of aryl methyl sites for hydroxylation is 1. The first-order valence-corrected chi connectivity index (χ1v) is 7.66. The van der Waals surface area contributed by atoms with Crippen LogP contribution in [0.3, 0.4) is 0 Å². The molecule has 0 saturated heterocycles. The molecule has 0 unspecified atom stereocenters. The van der Waals surface area contributed by atoms with Crippen molar-refractivity contribution in [1.82, 2.24) is 0 Å². The third kappa shape index (κ3) is 4.27. The van der Waals surface area contributed by atoms with E-state index in [2.05, 4.69) is 5.32 Å². The van der Waals surface area contributed by atoms with Crippen LogP contribution in [0.15, 0.2) is 30.3 Å². The molecule has 8 heteroatoms. The van der Waals surface area contributed by atoms with Gasteiger partial charge in [0.2, 0.25) is 0 Å². The maximum absolute atomic E-state index is 9.11. The van der Waals surface area contributed by atoms with Crippen molar-refractivity contribution in [3.63, 3.8) is 0 Å². The second kappa shape index (κ2) is 7.53. The van der Waals surface area contributed by atoms with Crippen LogP contribution in [0.1, 0.15) is 5.56 Å². The van der Waals surface area contributed by atoms with Crippen LogP contribution in [0.4, 0.5) is 5.69 Å². The number of thiocarbonyl (C=S) groups is 1. The van der Waals surface area contributed by atoms with Gasteiger partial charge in [0.05, 0.1) is 10.7 Å². The molecule has 2 aromatic rings. The molecule has 0 aliphatic heterocycles. The number of hydrogen-bond acceptors (Lipinski definition) is 3. The fraction of sp³-hybridized carbons (Fsp3) is 0.0714. The predicted molar refractivity (Wildman–Crippen MR) is 97.1 cm³/mol. The summed E-state index contributed by atoms with van der Waals surface area (Å²) in [5, 5.41) is 13.4. The van der Waals surface area contributed by atoms with E-state index in [0.717, 1.165) is 13.0 Å². The van der Waals surface area contributed by atoms with Crippen LogP contribution in [-0.2, 0) is 0 Å². The number of benzene rings is 2. The maximum atomic E-state index is 9.11. The van der Waals surface area contributed by atoms with Crippen molar-refractivity contribution in [3.8, 4) is 5.75 Å². The van der Waals surface area contributed by atoms with Gasteiger partial charge in [0.25, 0.3) is 5.17 Å². The molecule has 22 heavy (non-hydrogen) atoms. The summed E-state index contributed by atoms with van der Waals surface area (Å²) in [5.74, 6) is 0.584. The van der Waals surface area contributed by atoms with Crippen LogP contribution in [0.25, 0.3) is 0 Å². The molecule has 0 aliphatic carbocycles. The average molecular weight is 373 g/mol. The van der Waals surface area contributed by atoms with Gasteiger partial charge in [-0.3, -0.25) is 0 Å². The summed E-state index contributed by atoms with van der Waals surface area (Å²) < 4.78 is 5.56. The van der Waals surface area contributed by atoms with E-state index in [0.29, 0.717) is 32.0 Å². The average Bonchev–Trinajstić information content (AvgIpc) is 2.45. The van der Waals surface area contributed by atoms with Gasteiger partial charge in [0, 0.05) is 10.0 Å². The van der Waals surface area contributed by atoms with E-state index in [1.165, 1.54) is 6.07 Å². The largest absolute Gasteiger partial charge is 0.450 e. The Hall–Kier alpha value is -0.975. The van der Waals surface area contributed by atoms with Crippen molar-refractivity contribution < 1.29 is 9.76 Å². The Morgan fingerprint density at radius 1 is 1.18 bits per heavy atom. The fourth-order valence-electron chi connectivity index (χ4n) is 1.72. The predicted octanol–water partition coefficient (Wildman–Crippen LogP) is 3.97. The third-order valence-electron chi connectivity index (χ3n) is 2.80. The summed E-state index contributed by atoms with van der Waals surface area (Å²) in [6.07, 6.45) is 0. The quantitative estimate of drug-likeness (QED) is 0.631. The van der Waals surface area contributed by atoms with E-state index < -0.39 is 0 Å². The van der Waals surface area contributed by atoms with Crippen molar-refractivity contribution in [2.24, 2.45) is 0 Å². The monoisotopic (exact) mass is 372 g/mol. The van der Waals surface area contributed by atoms with Crippen LogP contribution in [0, 0.1) is 6.92 Å². The van der Waals surface area contributed by atoms with Crippen LogP contribution in [0.2, 0.25) is 15.1 Å². The Balaban J connectivity index is 2.15. The first-order valence-electron chi connectivity index (χ1n) is 6.12.